The average Bonchev–Trinajstić information content (AvgIpc) is 2.30. The molecule has 1 atom stereocenters. The molecule has 0 aromatic carbocycles. The molecule has 7 heteroatoms. The molecule has 0 bridgehead atoms. The Bertz CT molecular complexity index is 376. The number of nitrogens with two attached hydrogens (primary N) is 1. The van der Waals surface area contributed by atoms with Crippen LogP contribution in [0.4, 0.5) is 0 Å². The van der Waals surface area contributed by atoms with E-state index in [0.29, 0.717) is 32.0 Å². The van der Waals surface area contributed by atoms with Crippen LogP contribution in [0.1, 0.15) is 26.2 Å². The lowest BCUT2D eigenvalue weighted by Crippen LogP contribution is -2.47. The average molecular weight is 294 g/mol. The van der Waals surface area contributed by atoms with Crippen LogP contribution < -0.4 is 5.73 Å². The van der Waals surface area contributed by atoms with Crippen LogP contribution in [-0.2, 0) is 14.8 Å². The Labute approximate surface area is 115 Å². The monoisotopic (exact) mass is 294 g/mol. The Morgan fingerprint density at radius 2 is 2.06 bits per heavy atom. The van der Waals surface area contributed by atoms with Gasteiger partial charge in [0.1, 0.15) is 5.25 Å². The van der Waals surface area contributed by atoms with Gasteiger partial charge in [-0.1, -0.05) is 19.1 Å². The maximum Gasteiger partial charge on any atom is 0.223 e. The van der Waals surface area contributed by atoms with Crippen molar-refractivity contribution in [3.63, 3.8) is 0 Å². The van der Waals surface area contributed by atoms with Crippen LogP contribution in [0.3, 0.4) is 0 Å². The smallest absolute Gasteiger partial charge is 0.223 e. The van der Waals surface area contributed by atoms with Crippen LogP contribution >= 0.6 is 12.2 Å². The van der Waals surface area contributed by atoms with Gasteiger partial charge in [-0.15, -0.1) is 0 Å². The van der Waals surface area contributed by atoms with Gasteiger partial charge in [0.05, 0.1) is 4.99 Å². The molecule has 0 aromatic heterocycles. The molecule has 18 heavy (non-hydrogen) atoms. The number of hydrogen-bond donors (Lipinski definition) is 1. The summed E-state index contributed by atoms with van der Waals surface area (Å²) >= 11 is 4.85. The molecule has 1 saturated heterocycles. The molecule has 1 fully saturated rings. The first kappa shape index (κ1) is 15.8. The van der Waals surface area contributed by atoms with Gasteiger partial charge in [0.2, 0.25) is 10.0 Å². The first-order valence-electron chi connectivity index (χ1n) is 6.20. The first-order chi connectivity index (χ1) is 8.43. The number of rotatable bonds is 6. The number of methoxy groups -OCH3 is 1. The Balaban J connectivity index is 2.68. The van der Waals surface area contributed by atoms with Gasteiger partial charge in [-0.2, -0.15) is 0 Å². The molecule has 0 amide bonds. The van der Waals surface area contributed by atoms with E-state index in [-0.39, 0.29) is 4.99 Å². The van der Waals surface area contributed by atoms with Gasteiger partial charge in [-0.3, -0.25) is 0 Å². The van der Waals surface area contributed by atoms with Gasteiger partial charge in [0.15, 0.2) is 0 Å². The fourth-order valence-electron chi connectivity index (χ4n) is 2.30. The number of sulfonamides is 1. The minimum atomic E-state index is -3.39. The van der Waals surface area contributed by atoms with Gasteiger partial charge in [0, 0.05) is 26.8 Å². The predicted molar refractivity (Wildman–Crippen MR) is 76.0 cm³/mol. The van der Waals surface area contributed by atoms with Crippen LogP contribution in [0.15, 0.2) is 0 Å². The summed E-state index contributed by atoms with van der Waals surface area (Å²) in [6.45, 7) is 3.56. The number of thiocarbonyl (C=S) groups is 1. The van der Waals surface area contributed by atoms with Gasteiger partial charge in [0.25, 0.3) is 0 Å². The third kappa shape index (κ3) is 3.63. The molecule has 0 radical (unpaired) electrons. The third-order valence-electron chi connectivity index (χ3n) is 3.38. The molecule has 2 N–H and O–H groups in total. The quantitative estimate of drug-likeness (QED) is 0.732. The molecule has 1 rings (SSSR count). The largest absolute Gasteiger partial charge is 0.392 e. The Morgan fingerprint density at radius 3 is 2.44 bits per heavy atom. The van der Waals surface area contributed by atoms with E-state index in [1.165, 1.54) is 4.31 Å². The van der Waals surface area contributed by atoms with Crippen molar-refractivity contribution >= 4 is 27.2 Å². The van der Waals surface area contributed by atoms with Crippen molar-refractivity contribution in [2.45, 2.75) is 31.4 Å². The summed E-state index contributed by atoms with van der Waals surface area (Å²) in [6.07, 6.45) is 2.09. The molecule has 1 unspecified atom stereocenters. The summed E-state index contributed by atoms with van der Waals surface area (Å²) in [6, 6.07) is 0. The molecule has 0 saturated carbocycles. The molecule has 106 valence electrons. The first-order valence-corrected chi connectivity index (χ1v) is 8.11. The SMILES string of the molecule is CCC(C(N)=S)S(=O)(=O)N1CCC(COC)CC1. The van der Waals surface area contributed by atoms with E-state index < -0.39 is 15.3 Å². The second kappa shape index (κ2) is 6.79. The summed E-state index contributed by atoms with van der Waals surface area (Å²) in [5.74, 6) is 0.450. The highest BCUT2D eigenvalue weighted by atomic mass is 32.2. The highest BCUT2D eigenvalue weighted by Crippen LogP contribution is 2.22. The van der Waals surface area contributed by atoms with Crippen molar-refractivity contribution < 1.29 is 13.2 Å². The van der Waals surface area contributed by atoms with E-state index >= 15 is 0 Å². The Morgan fingerprint density at radius 1 is 1.50 bits per heavy atom. The summed E-state index contributed by atoms with van der Waals surface area (Å²) in [5, 5.41) is -0.730. The fourth-order valence-corrected chi connectivity index (χ4v) is 4.63. The van der Waals surface area contributed by atoms with Crippen LogP contribution in [0.25, 0.3) is 0 Å². The van der Waals surface area contributed by atoms with Crippen molar-refractivity contribution in [2.24, 2.45) is 11.7 Å². The molecule has 1 aliphatic heterocycles. The standard InChI is InChI=1S/C11H22N2O3S2/c1-3-10(11(12)17)18(14,15)13-6-4-9(5-7-13)8-16-2/h9-10H,3-8H2,1-2H3,(H2,12,17). The molecule has 5 nitrogen and oxygen atoms in total. The van der Waals surface area contributed by atoms with Gasteiger partial charge >= 0.3 is 0 Å². The number of nitrogens with zero attached hydrogens (tertiary/aromatic N) is 1. The van der Waals surface area contributed by atoms with Crippen molar-refractivity contribution in [3.05, 3.63) is 0 Å². The lowest BCUT2D eigenvalue weighted by atomic mass is 9.99. The summed E-state index contributed by atoms with van der Waals surface area (Å²) < 4.78 is 31.3. The fraction of sp³-hybridized carbons (Fsp3) is 0.909. The molecule has 0 spiro atoms. The zero-order chi connectivity index (χ0) is 13.8. The normalized spacial score (nSPS) is 20.8. The van der Waals surface area contributed by atoms with Crippen LogP contribution in [-0.4, -0.2) is 49.8 Å². The van der Waals surface area contributed by atoms with E-state index in [4.69, 9.17) is 22.7 Å². The third-order valence-corrected chi connectivity index (χ3v) is 6.21. The van der Waals surface area contributed by atoms with E-state index in [1.807, 2.05) is 0 Å². The lowest BCUT2D eigenvalue weighted by molar-refractivity contribution is 0.121. The molecular formula is C11H22N2O3S2. The highest BCUT2D eigenvalue weighted by molar-refractivity contribution is 7.92. The zero-order valence-corrected chi connectivity index (χ0v) is 12.6. The number of hydrogen-bond acceptors (Lipinski definition) is 4. The maximum atomic E-state index is 12.4. The Kier molecular flexibility index (Phi) is 5.97. The van der Waals surface area contributed by atoms with Crippen LogP contribution in [0.2, 0.25) is 0 Å². The minimum absolute atomic E-state index is 0.0662. The summed E-state index contributed by atoms with van der Waals surface area (Å²) in [5.41, 5.74) is 5.52. The molecule has 1 heterocycles. The Hall–Kier alpha value is -0.240. The van der Waals surface area contributed by atoms with E-state index in [0.717, 1.165) is 12.8 Å². The van der Waals surface area contributed by atoms with Gasteiger partial charge in [-0.05, 0) is 25.2 Å². The van der Waals surface area contributed by atoms with Crippen molar-refractivity contribution in [1.29, 1.82) is 0 Å². The highest BCUT2D eigenvalue weighted by Gasteiger charge is 2.35. The molecular weight excluding hydrogens is 272 g/mol. The van der Waals surface area contributed by atoms with Crippen LogP contribution in [0.5, 0.6) is 0 Å². The van der Waals surface area contributed by atoms with Crippen molar-refractivity contribution in [3.8, 4) is 0 Å². The topological polar surface area (TPSA) is 72.6 Å². The summed E-state index contributed by atoms with van der Waals surface area (Å²) in [7, 11) is -1.72. The lowest BCUT2D eigenvalue weighted by Gasteiger charge is -2.33. The second-order valence-corrected chi connectivity index (χ2v) is 7.23. The number of piperidine rings is 1. The van der Waals surface area contributed by atoms with Crippen molar-refractivity contribution in [1.82, 2.24) is 4.31 Å². The van der Waals surface area contributed by atoms with Crippen LogP contribution in [0, 0.1) is 5.92 Å². The molecule has 0 aliphatic carbocycles. The second-order valence-electron chi connectivity index (χ2n) is 4.64. The predicted octanol–water partition coefficient (Wildman–Crippen LogP) is 0.739. The minimum Gasteiger partial charge on any atom is -0.392 e. The van der Waals surface area contributed by atoms with E-state index in [1.54, 1.807) is 14.0 Å². The van der Waals surface area contributed by atoms with Gasteiger partial charge < -0.3 is 10.5 Å². The van der Waals surface area contributed by atoms with Gasteiger partial charge in [-0.25, -0.2) is 12.7 Å². The van der Waals surface area contributed by atoms with E-state index in [2.05, 4.69) is 0 Å². The zero-order valence-electron chi connectivity index (χ0n) is 11.0. The molecule has 0 aromatic rings. The number of ether oxygens (including phenoxy) is 1. The van der Waals surface area contributed by atoms with E-state index in [9.17, 15) is 8.42 Å². The maximum absolute atomic E-state index is 12.4. The van der Waals surface area contributed by atoms with Crippen molar-refractivity contribution in [2.75, 3.05) is 26.8 Å². The summed E-state index contributed by atoms with van der Waals surface area (Å²) in [4.78, 5) is 0.0662. The molecule has 1 aliphatic rings.